The molecule has 0 spiro atoms. The van der Waals surface area contributed by atoms with Gasteiger partial charge in [0, 0.05) is 50.7 Å². The van der Waals surface area contributed by atoms with Crippen LogP contribution in [0.3, 0.4) is 0 Å². The second kappa shape index (κ2) is 14.0. The van der Waals surface area contributed by atoms with E-state index in [-0.39, 0.29) is 41.3 Å². The van der Waals surface area contributed by atoms with Crippen LogP contribution in [0.5, 0.6) is 0 Å². The van der Waals surface area contributed by atoms with Crippen molar-refractivity contribution in [1.29, 1.82) is 0 Å². The molecule has 6 rings (SSSR count). The predicted molar refractivity (Wildman–Crippen MR) is 174 cm³/mol. The maximum absolute atomic E-state index is 12.6. The molecule has 4 bridgehead atoms. The Morgan fingerprint density at radius 1 is 0.745 bits per heavy atom. The van der Waals surface area contributed by atoms with Crippen molar-refractivity contribution in [2.45, 2.75) is 89.8 Å². The van der Waals surface area contributed by atoms with Crippen LogP contribution in [0.2, 0.25) is 0 Å². The number of hydrogen-bond acceptors (Lipinski definition) is 11. The third-order valence-electron chi connectivity index (χ3n) is 7.88. The number of nitrogens with one attached hydrogen (secondary N) is 1. The number of piperazine rings is 2. The third kappa shape index (κ3) is 9.44. The molecule has 0 saturated carbocycles. The lowest BCUT2D eigenvalue weighted by Gasteiger charge is -2.35. The minimum absolute atomic E-state index is 0.0283. The number of carbonyl (C=O) groups is 4. The lowest BCUT2D eigenvalue weighted by Crippen LogP contribution is -2.51. The van der Waals surface area contributed by atoms with Gasteiger partial charge in [-0.05, 0) is 78.6 Å². The standard InChI is InChI=1S/C16H22N4O3.C10H18N2O2.C6H6N2O2/c1-16(2,3)23-15(22)20-9-11-6-12(20)8-19(11)14(21)10-4-5-13(17)18-7-10;1-10(2,3)14-9(13)12-6-7-4-8(12)5-11-7;7-5-2-1-4(3-8-5)6(9)10/h4-5,7,11-12H,6,8-9H2,1-3H3,(H2,17,18);7-8,11H,4-6H2,1-3H3;1-3H,(H2,7,8)(H,9,10). The van der Waals surface area contributed by atoms with Crippen molar-refractivity contribution in [3.05, 3.63) is 47.8 Å². The second-order valence-corrected chi connectivity index (χ2v) is 14.0. The lowest BCUT2D eigenvalue weighted by molar-refractivity contribution is 0.0125. The molecule has 15 nitrogen and oxygen atoms in total. The highest BCUT2D eigenvalue weighted by atomic mass is 16.6. The topological polar surface area (TPSA) is 207 Å². The first-order valence-corrected chi connectivity index (χ1v) is 15.6. The first kappa shape index (κ1) is 35.2. The van der Waals surface area contributed by atoms with Gasteiger partial charge in [0.2, 0.25) is 0 Å². The Morgan fingerprint density at radius 2 is 1.23 bits per heavy atom. The zero-order valence-corrected chi connectivity index (χ0v) is 27.8. The van der Waals surface area contributed by atoms with Gasteiger partial charge in [-0.25, -0.2) is 24.4 Å². The number of carboxylic acid groups (broad SMARTS) is 1. The molecule has 256 valence electrons. The van der Waals surface area contributed by atoms with Gasteiger partial charge in [-0.2, -0.15) is 0 Å². The van der Waals surface area contributed by atoms with Gasteiger partial charge in [0.25, 0.3) is 5.91 Å². The van der Waals surface area contributed by atoms with E-state index >= 15 is 0 Å². The number of nitrogen functional groups attached to an aromatic ring is 2. The highest BCUT2D eigenvalue weighted by Crippen LogP contribution is 2.33. The van der Waals surface area contributed by atoms with Crippen LogP contribution in [0, 0.1) is 0 Å². The number of hydrogen-bond donors (Lipinski definition) is 4. The molecule has 0 radical (unpaired) electrons. The van der Waals surface area contributed by atoms with E-state index in [9.17, 15) is 19.2 Å². The normalized spacial score (nSPS) is 22.6. The van der Waals surface area contributed by atoms with Gasteiger partial charge >= 0.3 is 18.2 Å². The number of nitrogens with two attached hydrogens (primary N) is 2. The Morgan fingerprint density at radius 3 is 1.62 bits per heavy atom. The van der Waals surface area contributed by atoms with Crippen molar-refractivity contribution in [2.24, 2.45) is 0 Å². The van der Waals surface area contributed by atoms with Crippen LogP contribution >= 0.6 is 0 Å². The van der Waals surface area contributed by atoms with Crippen molar-refractivity contribution < 1.29 is 33.8 Å². The van der Waals surface area contributed by atoms with E-state index in [1.54, 1.807) is 17.0 Å². The number of aromatic nitrogens is 2. The van der Waals surface area contributed by atoms with Crippen molar-refractivity contribution >= 4 is 35.7 Å². The van der Waals surface area contributed by atoms with E-state index in [1.807, 2.05) is 51.3 Å². The monoisotopic (exact) mass is 654 g/mol. The van der Waals surface area contributed by atoms with Gasteiger partial charge in [-0.15, -0.1) is 0 Å². The molecule has 4 aliphatic heterocycles. The lowest BCUT2D eigenvalue weighted by atomic mass is 10.2. The minimum atomic E-state index is -0.993. The fraction of sp³-hybridized carbons (Fsp3) is 0.562. The molecule has 4 atom stereocenters. The molecular formula is C32H46N8O7. The maximum Gasteiger partial charge on any atom is 0.410 e. The van der Waals surface area contributed by atoms with E-state index in [1.165, 1.54) is 24.5 Å². The third-order valence-corrected chi connectivity index (χ3v) is 7.88. The fourth-order valence-electron chi connectivity index (χ4n) is 5.79. The fourth-order valence-corrected chi connectivity index (χ4v) is 5.79. The summed E-state index contributed by atoms with van der Waals surface area (Å²) in [6, 6.07) is 7.07. The quantitative estimate of drug-likeness (QED) is 0.369. The van der Waals surface area contributed by atoms with Gasteiger partial charge in [0.05, 0.1) is 23.2 Å². The Bertz CT molecular complexity index is 1440. The van der Waals surface area contributed by atoms with E-state index in [2.05, 4.69) is 15.3 Å². The second-order valence-electron chi connectivity index (χ2n) is 14.0. The van der Waals surface area contributed by atoms with Crippen molar-refractivity contribution in [3.63, 3.8) is 0 Å². The van der Waals surface area contributed by atoms with Crippen LogP contribution in [0.15, 0.2) is 36.7 Å². The number of nitrogens with zero attached hydrogens (tertiary/aromatic N) is 5. The van der Waals surface area contributed by atoms with E-state index in [0.29, 0.717) is 42.4 Å². The molecule has 4 unspecified atom stereocenters. The number of ether oxygens (including phenoxy) is 2. The number of carbonyl (C=O) groups excluding carboxylic acids is 3. The molecule has 0 aromatic carbocycles. The zero-order chi connectivity index (χ0) is 34.7. The molecule has 47 heavy (non-hydrogen) atoms. The Kier molecular flexibility index (Phi) is 10.5. The van der Waals surface area contributed by atoms with Gasteiger partial charge in [-0.1, -0.05) is 0 Å². The summed E-state index contributed by atoms with van der Waals surface area (Å²) in [5.74, 6) is -0.341. The van der Waals surface area contributed by atoms with Crippen LogP contribution in [0.1, 0.15) is 75.1 Å². The number of likely N-dealkylation sites (tertiary alicyclic amines) is 3. The van der Waals surface area contributed by atoms with Gasteiger partial charge in [0.15, 0.2) is 0 Å². The number of rotatable bonds is 2. The largest absolute Gasteiger partial charge is 0.478 e. The summed E-state index contributed by atoms with van der Waals surface area (Å²) in [7, 11) is 0. The molecule has 0 aliphatic carbocycles. The minimum Gasteiger partial charge on any atom is -0.478 e. The first-order valence-electron chi connectivity index (χ1n) is 15.6. The summed E-state index contributed by atoms with van der Waals surface area (Å²) < 4.78 is 10.8. The van der Waals surface area contributed by atoms with Crippen molar-refractivity contribution in [2.75, 3.05) is 37.6 Å². The predicted octanol–water partition coefficient (Wildman–Crippen LogP) is 2.83. The summed E-state index contributed by atoms with van der Waals surface area (Å²) in [5.41, 5.74) is 10.5. The molecule has 3 amide bonds. The number of aromatic carboxylic acids is 1. The van der Waals surface area contributed by atoms with Crippen LogP contribution in [0.4, 0.5) is 21.2 Å². The summed E-state index contributed by atoms with van der Waals surface area (Å²) in [6.45, 7) is 14.0. The Balaban J connectivity index is 0.000000177. The van der Waals surface area contributed by atoms with Gasteiger partial charge in [-0.3, -0.25) is 4.79 Å². The molecule has 4 fully saturated rings. The molecule has 4 aliphatic rings. The van der Waals surface area contributed by atoms with E-state index in [4.69, 9.17) is 26.0 Å². The molecule has 15 heteroatoms. The SMILES string of the molecule is CC(C)(C)OC(=O)N1CC2CC1CN2.CC(C)(C)OC(=O)N1CC2CC1CN2C(=O)c1ccc(N)nc1.Nc1ccc(C(=O)O)cn1. The average molecular weight is 655 g/mol. The Hall–Kier alpha value is -4.66. The zero-order valence-electron chi connectivity index (χ0n) is 27.8. The van der Waals surface area contributed by atoms with Gasteiger partial charge < -0.3 is 46.1 Å². The highest BCUT2D eigenvalue weighted by molar-refractivity contribution is 5.94. The average Bonchev–Trinajstić information content (AvgIpc) is 3.78. The smallest absolute Gasteiger partial charge is 0.410 e. The number of anilines is 2. The van der Waals surface area contributed by atoms with Crippen LogP contribution in [-0.2, 0) is 9.47 Å². The summed E-state index contributed by atoms with van der Waals surface area (Å²) in [5, 5.41) is 11.7. The summed E-state index contributed by atoms with van der Waals surface area (Å²) >= 11 is 0. The highest BCUT2D eigenvalue weighted by Gasteiger charge is 2.48. The summed E-state index contributed by atoms with van der Waals surface area (Å²) in [4.78, 5) is 59.7. The van der Waals surface area contributed by atoms with Crippen molar-refractivity contribution in [1.82, 2.24) is 30.0 Å². The number of carboxylic acids is 1. The molecule has 6 heterocycles. The molecule has 4 saturated heterocycles. The molecule has 2 aromatic heterocycles. The molecule has 6 N–H and O–H groups in total. The van der Waals surface area contributed by atoms with Crippen LogP contribution in [-0.4, -0.2) is 115 Å². The van der Waals surface area contributed by atoms with Crippen molar-refractivity contribution in [3.8, 4) is 0 Å². The number of amides is 3. The van der Waals surface area contributed by atoms with Gasteiger partial charge in [0.1, 0.15) is 22.8 Å². The number of fused-ring (bicyclic) bond motifs is 4. The molecular weight excluding hydrogens is 608 g/mol. The first-order chi connectivity index (χ1) is 21.9. The van der Waals surface area contributed by atoms with Crippen LogP contribution < -0.4 is 16.8 Å². The summed E-state index contributed by atoms with van der Waals surface area (Å²) in [6.07, 6.45) is 4.14. The molecule has 2 aromatic rings. The maximum atomic E-state index is 12.6. The number of pyridine rings is 2. The van der Waals surface area contributed by atoms with Crippen LogP contribution in [0.25, 0.3) is 0 Å². The van der Waals surface area contributed by atoms with E-state index in [0.717, 1.165) is 25.9 Å². The van der Waals surface area contributed by atoms with E-state index < -0.39 is 11.6 Å². The Labute approximate surface area is 274 Å².